The van der Waals surface area contributed by atoms with E-state index in [9.17, 15) is 33.9 Å². The van der Waals surface area contributed by atoms with Gasteiger partial charge < -0.3 is 46.8 Å². The number of benzene rings is 10. The number of hydrogen-bond acceptors (Lipinski definition) is 11. The Morgan fingerprint density at radius 1 is 0.389 bits per heavy atom. The molecule has 566 valence electrons. The van der Waals surface area contributed by atoms with Crippen molar-refractivity contribution in [1.29, 1.82) is 0 Å². The number of hydrogen-bond donors (Lipinski definition) is 7. The number of methoxy groups -OCH3 is 1. The third kappa shape index (κ3) is 32.7. The Bertz CT molecular complexity index is 4370. The lowest BCUT2D eigenvalue weighted by atomic mass is 10.0. The van der Waals surface area contributed by atoms with Crippen molar-refractivity contribution < 1.29 is 48.1 Å². The van der Waals surface area contributed by atoms with E-state index in [0.29, 0.717) is 49.9 Å². The number of anilines is 5. The van der Waals surface area contributed by atoms with Crippen molar-refractivity contribution in [3.8, 4) is 67.1 Å². The maximum absolute atomic E-state index is 12.4. The SMILES string of the molecule is CC(C)(C)[Si](C)(C)Oc1ccc(-c2ccccc2)cc1N.COC(=O)CCCCCCC(=O)Cl.Nc1cccc(-c2ccccc2)c1.O=C(CCCCCCC(=O)Nc1cc(-c2ccccc2)ccc1O)Nc1cccc(-c2ccccc2)c1.O=C(O)CCCCCCC(=O)Nc1cccc(-c2ccccc2)c1. The van der Waals surface area contributed by atoms with Gasteiger partial charge in [0.2, 0.25) is 23.0 Å². The Balaban J connectivity index is 0.000000224. The summed E-state index contributed by atoms with van der Waals surface area (Å²) >= 11 is 5.15. The van der Waals surface area contributed by atoms with Gasteiger partial charge in [0.15, 0.2) is 0 Å². The minimum Gasteiger partial charge on any atom is -0.542 e. The van der Waals surface area contributed by atoms with E-state index in [1.165, 1.54) is 23.8 Å². The van der Waals surface area contributed by atoms with Crippen molar-refractivity contribution in [3.63, 3.8) is 0 Å². The van der Waals surface area contributed by atoms with E-state index < -0.39 is 14.3 Å². The molecule has 0 bridgehead atoms. The molecule has 0 aliphatic carbocycles. The molecule has 0 saturated carbocycles. The molecule has 0 unspecified atom stereocenters. The summed E-state index contributed by atoms with van der Waals surface area (Å²) in [5.41, 5.74) is 26.4. The van der Waals surface area contributed by atoms with Gasteiger partial charge in [0.25, 0.3) is 8.32 Å². The number of nitrogens with one attached hydrogen (secondary N) is 3. The molecule has 10 aromatic carbocycles. The summed E-state index contributed by atoms with van der Waals surface area (Å²) in [6.07, 6.45) is 12.3. The minimum atomic E-state index is -1.85. The van der Waals surface area contributed by atoms with E-state index in [1.807, 2.05) is 212 Å². The van der Waals surface area contributed by atoms with Crippen LogP contribution in [0, 0.1) is 0 Å². The summed E-state index contributed by atoms with van der Waals surface area (Å²) in [6.45, 7) is 11.2. The molecule has 3 amide bonds. The van der Waals surface area contributed by atoms with Crippen LogP contribution in [0.25, 0.3) is 55.6 Å². The third-order valence-electron chi connectivity index (χ3n) is 18.0. The van der Waals surface area contributed by atoms with Gasteiger partial charge in [-0.15, -0.1) is 0 Å². The van der Waals surface area contributed by atoms with Gasteiger partial charge in [-0.1, -0.05) is 259 Å². The van der Waals surface area contributed by atoms with Crippen LogP contribution in [0.3, 0.4) is 0 Å². The Morgan fingerprint density at radius 3 is 1.11 bits per heavy atom. The molecule has 0 atom stereocenters. The van der Waals surface area contributed by atoms with Crippen LogP contribution >= 0.6 is 11.6 Å². The lowest BCUT2D eigenvalue weighted by Crippen LogP contribution is -2.44. The first-order valence-corrected chi connectivity index (χ1v) is 40.4. The number of ether oxygens (including phenoxy) is 1. The van der Waals surface area contributed by atoms with E-state index in [0.717, 1.165) is 132 Å². The van der Waals surface area contributed by atoms with E-state index >= 15 is 0 Å². The zero-order chi connectivity index (χ0) is 77.9. The number of rotatable bonds is 31. The molecular formula is C91H106ClN5O10Si. The lowest BCUT2D eigenvalue weighted by Gasteiger charge is -2.36. The van der Waals surface area contributed by atoms with E-state index in [1.54, 1.807) is 12.1 Å². The third-order valence-corrected chi connectivity index (χ3v) is 22.5. The highest BCUT2D eigenvalue weighted by Gasteiger charge is 2.39. The highest BCUT2D eigenvalue weighted by molar-refractivity contribution is 6.74. The first kappa shape index (κ1) is 85.9. The fourth-order valence-electron chi connectivity index (χ4n) is 11.0. The molecule has 0 aromatic heterocycles. The second-order valence-electron chi connectivity index (χ2n) is 27.7. The number of carboxylic acids is 1. The molecule has 0 heterocycles. The number of carbonyl (C=O) groups is 6. The number of esters is 1. The first-order valence-electron chi connectivity index (χ1n) is 37.1. The fraction of sp³-hybridized carbons (Fsp3) is 0.275. The maximum atomic E-state index is 12.4. The van der Waals surface area contributed by atoms with Gasteiger partial charge in [-0.3, -0.25) is 28.8 Å². The number of aromatic hydroxyl groups is 1. The molecule has 0 saturated heterocycles. The van der Waals surface area contributed by atoms with Gasteiger partial charge in [-0.05, 0) is 185 Å². The summed E-state index contributed by atoms with van der Waals surface area (Å²) in [4.78, 5) is 68.2. The normalized spacial score (nSPS) is 10.7. The average Bonchev–Trinajstić information content (AvgIpc) is 0.844. The molecule has 10 aromatic rings. The number of phenolic OH excluding ortho intramolecular Hbond substituents is 1. The second kappa shape index (κ2) is 46.8. The lowest BCUT2D eigenvalue weighted by molar-refractivity contribution is -0.141. The van der Waals surface area contributed by atoms with Gasteiger partial charge in [0, 0.05) is 55.6 Å². The molecule has 0 radical (unpaired) electrons. The number of aliphatic carboxylic acids is 1. The molecular weight excluding hydrogens is 1390 g/mol. The largest absolute Gasteiger partial charge is 0.542 e. The second-order valence-corrected chi connectivity index (χ2v) is 32.8. The highest BCUT2D eigenvalue weighted by Crippen LogP contribution is 2.40. The number of nitrogens with two attached hydrogens (primary N) is 2. The van der Waals surface area contributed by atoms with Crippen LogP contribution in [0.5, 0.6) is 11.5 Å². The summed E-state index contributed by atoms with van der Waals surface area (Å²) in [7, 11) is -0.470. The number of amides is 3. The van der Waals surface area contributed by atoms with Crippen LogP contribution in [0.1, 0.15) is 136 Å². The van der Waals surface area contributed by atoms with Gasteiger partial charge in [-0.25, -0.2) is 0 Å². The number of nitrogen functional groups attached to an aromatic ring is 2. The number of phenols is 1. The standard InChI is InChI=1S/C32H32N2O3.C20H23NO3.C18H25NOSi.C12H11N.C9H15ClO3/c35-30-21-20-27(25-14-7-4-8-15-25)23-29(30)34-32(37)19-10-2-1-9-18-31(36)33-28-17-11-16-26(22-28)24-12-5-3-6-13-24;22-19(13-6-1-2-7-14-20(23)24)21-18-12-8-11-17(15-18)16-9-4-3-5-10-16;1-18(2,3)21(4,5)20-17-12-11-15(13-16(17)19)14-9-7-6-8-10-14;13-12-8-4-7-11(9-12)10-5-2-1-3-6-10;1-13-9(12)7-5-3-2-4-6-8(10)11/h3-8,11-17,20-23,35H,1-2,9-10,18-19H2,(H,33,36)(H,34,37);3-5,8-12,15H,1-2,6-7,13-14H2,(H,21,22)(H,23,24);6-13H,19H2,1-5H3;1-9H,13H2;2-7H2,1H3. The number of carboxylic acid groups (broad SMARTS) is 1. The maximum Gasteiger partial charge on any atom is 0.305 e. The highest BCUT2D eigenvalue weighted by atomic mass is 35.5. The molecule has 0 spiro atoms. The Hall–Kier alpha value is -11.1. The van der Waals surface area contributed by atoms with Crippen molar-refractivity contribution in [2.75, 3.05) is 34.5 Å². The summed E-state index contributed by atoms with van der Waals surface area (Å²) in [5, 5.41) is 27.3. The molecule has 10 rings (SSSR count). The molecule has 108 heavy (non-hydrogen) atoms. The average molecular weight is 1490 g/mol. The van der Waals surface area contributed by atoms with Crippen molar-refractivity contribution >= 4 is 83.3 Å². The van der Waals surface area contributed by atoms with Crippen molar-refractivity contribution in [1.82, 2.24) is 0 Å². The Morgan fingerprint density at radius 2 is 0.731 bits per heavy atom. The molecule has 15 nitrogen and oxygen atoms in total. The topological polar surface area (TPSA) is 249 Å². The van der Waals surface area contributed by atoms with Gasteiger partial charge in [0.1, 0.15) is 11.5 Å². The van der Waals surface area contributed by atoms with E-state index in [2.05, 4.69) is 91.0 Å². The quantitative estimate of drug-likeness (QED) is 0.00535. The van der Waals surface area contributed by atoms with Crippen LogP contribution in [-0.4, -0.2) is 60.5 Å². The van der Waals surface area contributed by atoms with Crippen LogP contribution in [0.4, 0.5) is 28.4 Å². The van der Waals surface area contributed by atoms with Crippen LogP contribution in [-0.2, 0) is 33.5 Å². The van der Waals surface area contributed by atoms with Crippen LogP contribution in [0.2, 0.25) is 18.1 Å². The number of halogens is 1. The van der Waals surface area contributed by atoms with Crippen molar-refractivity contribution in [2.24, 2.45) is 0 Å². The smallest absolute Gasteiger partial charge is 0.305 e. The molecule has 9 N–H and O–H groups in total. The van der Waals surface area contributed by atoms with Crippen molar-refractivity contribution in [2.45, 2.75) is 154 Å². The Labute approximate surface area is 644 Å². The number of unbranched alkanes of at least 4 members (excludes halogenated alkanes) is 9. The Kier molecular flexibility index (Phi) is 37.2. The molecule has 0 aliphatic heterocycles. The summed E-state index contributed by atoms with van der Waals surface area (Å²) < 4.78 is 10.8. The monoisotopic (exact) mass is 1490 g/mol. The summed E-state index contributed by atoms with van der Waals surface area (Å²) in [5.74, 6) is -0.208. The zero-order valence-electron chi connectivity index (χ0n) is 63.2. The minimum absolute atomic E-state index is 0.00144. The van der Waals surface area contributed by atoms with Gasteiger partial charge in [0.05, 0.1) is 18.5 Å². The van der Waals surface area contributed by atoms with Gasteiger partial charge >= 0.3 is 11.9 Å². The van der Waals surface area contributed by atoms with E-state index in [-0.39, 0.29) is 46.1 Å². The van der Waals surface area contributed by atoms with Crippen LogP contribution in [0.15, 0.2) is 261 Å². The predicted molar refractivity (Wildman–Crippen MR) is 447 cm³/mol. The molecule has 0 aliphatic rings. The van der Waals surface area contributed by atoms with Crippen LogP contribution < -0.4 is 31.8 Å². The predicted octanol–water partition coefficient (Wildman–Crippen LogP) is 22.9. The fourth-order valence-corrected chi connectivity index (χ4v) is 12.2. The zero-order valence-corrected chi connectivity index (χ0v) is 65.0. The number of carbonyl (C=O) groups excluding carboxylic acids is 5. The first-order chi connectivity index (χ1) is 52.0. The van der Waals surface area contributed by atoms with Gasteiger partial charge in [-0.2, -0.15) is 0 Å². The molecule has 0 fully saturated rings. The molecule has 17 heteroatoms. The summed E-state index contributed by atoms with van der Waals surface area (Å²) in [6, 6.07) is 85.3. The van der Waals surface area contributed by atoms with Crippen molar-refractivity contribution in [3.05, 3.63) is 261 Å². The van der Waals surface area contributed by atoms with E-state index in [4.69, 9.17) is 32.6 Å².